The van der Waals surface area contributed by atoms with Crippen LogP contribution in [0.3, 0.4) is 0 Å². The van der Waals surface area contributed by atoms with E-state index in [4.69, 9.17) is 4.74 Å². The van der Waals surface area contributed by atoms with E-state index < -0.39 is 4.92 Å². The van der Waals surface area contributed by atoms with Crippen molar-refractivity contribution >= 4 is 27.8 Å². The van der Waals surface area contributed by atoms with Crippen LogP contribution in [0.1, 0.15) is 12.6 Å². The van der Waals surface area contributed by atoms with Gasteiger partial charge in [0, 0.05) is 23.7 Å². The van der Waals surface area contributed by atoms with Gasteiger partial charge in [0.1, 0.15) is 0 Å². The van der Waals surface area contributed by atoms with E-state index in [9.17, 15) is 10.1 Å². The average Bonchev–Trinajstić information content (AvgIpc) is 2.92. The van der Waals surface area contributed by atoms with Crippen molar-refractivity contribution in [3.63, 3.8) is 0 Å². The summed E-state index contributed by atoms with van der Waals surface area (Å²) >= 11 is 1.46. The molecule has 0 aliphatic rings. The molecule has 0 unspecified atom stereocenters. The molecule has 2 rings (SSSR count). The molecule has 1 aromatic heterocycles. The summed E-state index contributed by atoms with van der Waals surface area (Å²) < 4.78 is 4.97. The molecule has 0 radical (unpaired) electrons. The molecule has 1 heterocycles. The van der Waals surface area contributed by atoms with Gasteiger partial charge >= 0.3 is 5.69 Å². The van der Waals surface area contributed by atoms with Gasteiger partial charge in [0.2, 0.25) is 0 Å². The highest BCUT2D eigenvalue weighted by atomic mass is 32.1. The first kappa shape index (κ1) is 15.2. The normalized spacial score (nSPS) is 10.4. The molecular weight excluding hydrogens is 292 g/mol. The van der Waals surface area contributed by atoms with Crippen molar-refractivity contribution in [2.75, 3.05) is 19.0 Å². The molecule has 21 heavy (non-hydrogen) atoms. The monoisotopic (exact) mass is 308 g/mol. The Morgan fingerprint density at radius 3 is 2.95 bits per heavy atom. The number of benzene rings is 1. The molecule has 0 spiro atoms. The summed E-state index contributed by atoms with van der Waals surface area (Å²) in [4.78, 5) is 14.9. The van der Waals surface area contributed by atoms with Crippen LogP contribution in [0.15, 0.2) is 23.6 Å². The van der Waals surface area contributed by atoms with Crippen LogP contribution in [0.4, 0.5) is 16.5 Å². The van der Waals surface area contributed by atoms with Crippen LogP contribution in [0, 0.1) is 10.1 Å². The van der Waals surface area contributed by atoms with Crippen LogP contribution in [0.2, 0.25) is 0 Å². The quantitative estimate of drug-likeness (QED) is 0.604. The van der Waals surface area contributed by atoms with Gasteiger partial charge in [-0.1, -0.05) is 6.92 Å². The van der Waals surface area contributed by atoms with Gasteiger partial charge in [-0.05, 0) is 18.7 Å². The molecule has 0 aliphatic heterocycles. The summed E-state index contributed by atoms with van der Waals surface area (Å²) in [5, 5.41) is 19.9. The first-order valence-electron chi connectivity index (χ1n) is 6.38. The number of anilines is 2. The van der Waals surface area contributed by atoms with Gasteiger partial charge in [-0.2, -0.15) is 0 Å². The number of nitro benzene ring substituents is 1. The molecule has 112 valence electrons. The largest absolute Gasteiger partial charge is 0.490 e. The Kier molecular flexibility index (Phi) is 5.07. The maximum absolute atomic E-state index is 11.0. The highest BCUT2D eigenvalue weighted by molar-refractivity contribution is 7.13. The Morgan fingerprint density at radius 1 is 1.48 bits per heavy atom. The number of nitrogens with zero attached hydrogens (tertiary/aromatic N) is 2. The summed E-state index contributed by atoms with van der Waals surface area (Å²) in [5.74, 6) is 0.234. The van der Waals surface area contributed by atoms with Crippen molar-refractivity contribution in [2.45, 2.75) is 13.5 Å². The summed E-state index contributed by atoms with van der Waals surface area (Å²) in [6.45, 7) is 3.62. The number of ether oxygens (including phenoxy) is 1. The number of methoxy groups -OCH3 is 1. The summed E-state index contributed by atoms with van der Waals surface area (Å²) in [6, 6.07) is 4.72. The summed E-state index contributed by atoms with van der Waals surface area (Å²) in [7, 11) is 1.41. The fraction of sp³-hybridized carbons (Fsp3) is 0.308. The second-order valence-corrected chi connectivity index (χ2v) is 5.05. The van der Waals surface area contributed by atoms with Gasteiger partial charge in [0.25, 0.3) is 0 Å². The maximum atomic E-state index is 11.0. The minimum absolute atomic E-state index is 0.0769. The van der Waals surface area contributed by atoms with Crippen LogP contribution >= 0.6 is 11.3 Å². The lowest BCUT2D eigenvalue weighted by molar-refractivity contribution is -0.385. The van der Waals surface area contributed by atoms with Crippen molar-refractivity contribution in [1.82, 2.24) is 10.3 Å². The van der Waals surface area contributed by atoms with E-state index in [1.54, 1.807) is 12.1 Å². The van der Waals surface area contributed by atoms with Crippen LogP contribution in [0.25, 0.3) is 0 Å². The lowest BCUT2D eigenvalue weighted by Crippen LogP contribution is -2.11. The van der Waals surface area contributed by atoms with Crippen molar-refractivity contribution in [2.24, 2.45) is 0 Å². The third-order valence-corrected chi connectivity index (χ3v) is 3.54. The number of hydrogen-bond donors (Lipinski definition) is 2. The molecule has 8 heteroatoms. The SMILES string of the molecule is CCNCc1csc(Nc2ccc(OC)c([N+](=O)[O-])c2)n1. The molecule has 2 N–H and O–H groups in total. The van der Waals surface area contributed by atoms with Gasteiger partial charge < -0.3 is 15.4 Å². The third kappa shape index (κ3) is 3.89. The predicted molar refractivity (Wildman–Crippen MR) is 82.4 cm³/mol. The first-order valence-corrected chi connectivity index (χ1v) is 7.26. The lowest BCUT2D eigenvalue weighted by atomic mass is 10.2. The maximum Gasteiger partial charge on any atom is 0.312 e. The minimum atomic E-state index is -0.470. The zero-order chi connectivity index (χ0) is 15.2. The summed E-state index contributed by atoms with van der Waals surface area (Å²) in [5.41, 5.74) is 1.46. The standard InChI is InChI=1S/C13H16N4O3S/c1-3-14-7-10-8-21-13(16-10)15-9-4-5-12(20-2)11(6-9)17(18)19/h4-6,8,14H,3,7H2,1-2H3,(H,15,16). The van der Waals surface area contributed by atoms with Crippen molar-refractivity contribution in [1.29, 1.82) is 0 Å². The highest BCUT2D eigenvalue weighted by Crippen LogP contribution is 2.31. The van der Waals surface area contributed by atoms with Crippen LogP contribution in [-0.2, 0) is 6.54 Å². The zero-order valence-electron chi connectivity index (χ0n) is 11.8. The summed E-state index contributed by atoms with van der Waals surface area (Å²) in [6.07, 6.45) is 0. The molecular formula is C13H16N4O3S. The molecule has 0 aliphatic carbocycles. The van der Waals surface area contributed by atoms with Gasteiger partial charge in [-0.15, -0.1) is 11.3 Å². The molecule has 1 aromatic carbocycles. The lowest BCUT2D eigenvalue weighted by Gasteiger charge is -2.05. The van der Waals surface area contributed by atoms with E-state index in [1.807, 2.05) is 12.3 Å². The van der Waals surface area contributed by atoms with Gasteiger partial charge in [0.05, 0.1) is 17.7 Å². The minimum Gasteiger partial charge on any atom is -0.490 e. The number of aromatic nitrogens is 1. The number of thiazole rings is 1. The third-order valence-electron chi connectivity index (χ3n) is 2.73. The molecule has 0 saturated carbocycles. The predicted octanol–water partition coefficient (Wildman–Crippen LogP) is 2.91. The molecule has 0 saturated heterocycles. The molecule has 0 bridgehead atoms. The number of hydrogen-bond acceptors (Lipinski definition) is 7. The molecule has 0 atom stereocenters. The number of nitro groups is 1. The molecule has 2 aromatic rings. The van der Waals surface area contributed by atoms with Crippen molar-refractivity contribution < 1.29 is 9.66 Å². The van der Waals surface area contributed by atoms with E-state index in [1.165, 1.54) is 24.5 Å². The Balaban J connectivity index is 2.14. The van der Waals surface area contributed by atoms with E-state index in [-0.39, 0.29) is 11.4 Å². The Labute approximate surface area is 126 Å². The van der Waals surface area contributed by atoms with Crippen LogP contribution in [0.5, 0.6) is 5.75 Å². The molecule has 7 nitrogen and oxygen atoms in total. The fourth-order valence-corrected chi connectivity index (χ4v) is 2.46. The second-order valence-electron chi connectivity index (χ2n) is 4.19. The Hall–Kier alpha value is -2.19. The molecule has 0 fully saturated rings. The fourth-order valence-electron chi connectivity index (χ4n) is 1.73. The van der Waals surface area contributed by atoms with Crippen molar-refractivity contribution in [3.05, 3.63) is 39.4 Å². The number of nitrogens with one attached hydrogen (secondary N) is 2. The van der Waals surface area contributed by atoms with E-state index in [2.05, 4.69) is 15.6 Å². The molecule has 0 amide bonds. The number of rotatable bonds is 7. The van der Waals surface area contributed by atoms with Gasteiger partial charge in [0.15, 0.2) is 10.9 Å². The van der Waals surface area contributed by atoms with Crippen LogP contribution in [-0.4, -0.2) is 23.6 Å². The average molecular weight is 308 g/mol. The first-order chi connectivity index (χ1) is 10.1. The Bertz CT molecular complexity index is 630. The Morgan fingerprint density at radius 2 is 2.29 bits per heavy atom. The van der Waals surface area contributed by atoms with Gasteiger partial charge in [-0.25, -0.2) is 4.98 Å². The van der Waals surface area contributed by atoms with E-state index in [0.717, 1.165) is 12.2 Å². The van der Waals surface area contributed by atoms with E-state index >= 15 is 0 Å². The van der Waals surface area contributed by atoms with Crippen LogP contribution < -0.4 is 15.4 Å². The topological polar surface area (TPSA) is 89.3 Å². The smallest absolute Gasteiger partial charge is 0.312 e. The van der Waals surface area contributed by atoms with Gasteiger partial charge in [-0.3, -0.25) is 10.1 Å². The second kappa shape index (κ2) is 7.00. The zero-order valence-corrected chi connectivity index (χ0v) is 12.6. The van der Waals surface area contributed by atoms with E-state index in [0.29, 0.717) is 17.4 Å². The van der Waals surface area contributed by atoms with Crippen molar-refractivity contribution in [3.8, 4) is 5.75 Å². The highest BCUT2D eigenvalue weighted by Gasteiger charge is 2.15.